The van der Waals surface area contributed by atoms with Gasteiger partial charge in [-0.3, -0.25) is 0 Å². The molecule has 1 aliphatic rings. The minimum Gasteiger partial charge on any atom is -0.373 e. The van der Waals surface area contributed by atoms with E-state index in [4.69, 9.17) is 4.74 Å². The minimum absolute atomic E-state index is 0.0981. The van der Waals surface area contributed by atoms with Crippen molar-refractivity contribution < 1.29 is 9.13 Å². The molecule has 0 bridgehead atoms. The molecule has 1 aromatic carbocycles. The molecule has 16 heavy (non-hydrogen) atoms. The van der Waals surface area contributed by atoms with Crippen molar-refractivity contribution in [2.75, 3.05) is 13.2 Å². The summed E-state index contributed by atoms with van der Waals surface area (Å²) >= 11 is 0. The predicted octanol–water partition coefficient (Wildman–Crippen LogP) is 2.66. The third kappa shape index (κ3) is 2.60. The Kier molecular flexibility index (Phi) is 3.91. The quantitative estimate of drug-likeness (QED) is 0.850. The van der Waals surface area contributed by atoms with Gasteiger partial charge in [-0.2, -0.15) is 0 Å². The van der Waals surface area contributed by atoms with E-state index in [1.165, 1.54) is 6.07 Å². The maximum Gasteiger partial charge on any atom is 0.129 e. The van der Waals surface area contributed by atoms with Crippen molar-refractivity contribution in [1.82, 2.24) is 5.32 Å². The Labute approximate surface area is 95.8 Å². The van der Waals surface area contributed by atoms with Gasteiger partial charge >= 0.3 is 0 Å². The van der Waals surface area contributed by atoms with E-state index in [-0.39, 0.29) is 11.9 Å². The summed E-state index contributed by atoms with van der Waals surface area (Å²) in [5.41, 5.74) is 0.685. The standard InChI is InChI=1S/C13H18FNO/c1-2-15-10-7-8-16-13(9-10)11-5-3-4-6-12(11)14/h3-6,10,13,15H,2,7-9H2,1H3. The van der Waals surface area contributed by atoms with Crippen LogP contribution in [0.1, 0.15) is 31.4 Å². The molecule has 1 saturated heterocycles. The third-order valence-corrected chi connectivity index (χ3v) is 3.03. The SMILES string of the molecule is CCNC1CCOC(c2ccccc2F)C1. The summed E-state index contributed by atoms with van der Waals surface area (Å²) in [6, 6.07) is 7.33. The van der Waals surface area contributed by atoms with Gasteiger partial charge in [0.25, 0.3) is 0 Å². The molecule has 2 unspecified atom stereocenters. The highest BCUT2D eigenvalue weighted by Crippen LogP contribution is 2.29. The third-order valence-electron chi connectivity index (χ3n) is 3.03. The lowest BCUT2D eigenvalue weighted by molar-refractivity contribution is -0.00133. The van der Waals surface area contributed by atoms with Gasteiger partial charge in [-0.05, 0) is 25.5 Å². The zero-order chi connectivity index (χ0) is 11.4. The van der Waals surface area contributed by atoms with Crippen molar-refractivity contribution in [3.05, 3.63) is 35.6 Å². The highest BCUT2D eigenvalue weighted by Gasteiger charge is 2.24. The van der Waals surface area contributed by atoms with E-state index in [0.29, 0.717) is 18.2 Å². The van der Waals surface area contributed by atoms with Crippen molar-refractivity contribution in [3.8, 4) is 0 Å². The molecule has 88 valence electrons. The van der Waals surface area contributed by atoms with Crippen molar-refractivity contribution in [1.29, 1.82) is 0 Å². The van der Waals surface area contributed by atoms with Gasteiger partial charge in [0.15, 0.2) is 0 Å². The summed E-state index contributed by atoms with van der Waals surface area (Å²) < 4.78 is 19.2. The molecule has 3 heteroatoms. The maximum atomic E-state index is 13.6. The zero-order valence-corrected chi connectivity index (χ0v) is 9.58. The van der Waals surface area contributed by atoms with Crippen molar-refractivity contribution in [2.24, 2.45) is 0 Å². The fraction of sp³-hybridized carbons (Fsp3) is 0.538. The van der Waals surface area contributed by atoms with Gasteiger partial charge in [0.1, 0.15) is 5.82 Å². The molecule has 0 aromatic heterocycles. The molecular formula is C13H18FNO. The second-order valence-electron chi connectivity index (χ2n) is 4.16. The van der Waals surface area contributed by atoms with E-state index in [0.717, 1.165) is 19.4 Å². The van der Waals surface area contributed by atoms with Gasteiger partial charge in [0.05, 0.1) is 6.10 Å². The van der Waals surface area contributed by atoms with Gasteiger partial charge in [-0.1, -0.05) is 25.1 Å². The van der Waals surface area contributed by atoms with Gasteiger partial charge in [-0.15, -0.1) is 0 Å². The predicted molar refractivity (Wildman–Crippen MR) is 61.8 cm³/mol. The lowest BCUT2D eigenvalue weighted by Crippen LogP contribution is -2.36. The number of nitrogens with one attached hydrogen (secondary N) is 1. The van der Waals surface area contributed by atoms with E-state index in [1.807, 2.05) is 12.1 Å². The zero-order valence-electron chi connectivity index (χ0n) is 9.58. The van der Waals surface area contributed by atoms with Crippen LogP contribution in [0.15, 0.2) is 24.3 Å². The van der Waals surface area contributed by atoms with Gasteiger partial charge in [0.2, 0.25) is 0 Å². The Morgan fingerprint density at radius 1 is 1.44 bits per heavy atom. The molecule has 1 N–H and O–H groups in total. The first-order chi connectivity index (χ1) is 7.81. The molecule has 0 radical (unpaired) electrons. The molecule has 0 saturated carbocycles. The Bertz CT molecular complexity index is 340. The molecule has 2 rings (SSSR count). The van der Waals surface area contributed by atoms with Crippen LogP contribution in [-0.2, 0) is 4.74 Å². The van der Waals surface area contributed by atoms with E-state index < -0.39 is 0 Å². The minimum atomic E-state index is -0.162. The van der Waals surface area contributed by atoms with E-state index in [1.54, 1.807) is 6.07 Å². The van der Waals surface area contributed by atoms with Crippen LogP contribution in [0.3, 0.4) is 0 Å². The molecule has 1 aliphatic heterocycles. The number of rotatable bonds is 3. The van der Waals surface area contributed by atoms with E-state index in [2.05, 4.69) is 12.2 Å². The summed E-state index contributed by atoms with van der Waals surface area (Å²) in [6.45, 7) is 3.75. The largest absolute Gasteiger partial charge is 0.373 e. The van der Waals surface area contributed by atoms with Crippen LogP contribution in [0.25, 0.3) is 0 Å². The summed E-state index contributed by atoms with van der Waals surface area (Å²) in [5, 5.41) is 3.40. The van der Waals surface area contributed by atoms with Crippen LogP contribution in [0.2, 0.25) is 0 Å². The lowest BCUT2D eigenvalue weighted by Gasteiger charge is -2.30. The fourth-order valence-electron chi connectivity index (χ4n) is 2.22. The summed E-state index contributed by atoms with van der Waals surface area (Å²) in [4.78, 5) is 0. The maximum absolute atomic E-state index is 13.6. The highest BCUT2D eigenvalue weighted by molar-refractivity contribution is 5.20. The van der Waals surface area contributed by atoms with Crippen LogP contribution in [0, 0.1) is 5.82 Å². The smallest absolute Gasteiger partial charge is 0.129 e. The number of halogens is 1. The van der Waals surface area contributed by atoms with E-state index in [9.17, 15) is 4.39 Å². The van der Waals surface area contributed by atoms with E-state index >= 15 is 0 Å². The Balaban J connectivity index is 2.07. The van der Waals surface area contributed by atoms with Gasteiger partial charge in [-0.25, -0.2) is 4.39 Å². The average Bonchev–Trinajstić information content (AvgIpc) is 2.30. The van der Waals surface area contributed by atoms with Crippen LogP contribution in [0.4, 0.5) is 4.39 Å². The molecule has 1 aromatic rings. The summed E-state index contributed by atoms with van der Waals surface area (Å²) in [6.07, 6.45) is 1.77. The molecule has 2 atom stereocenters. The van der Waals surface area contributed by atoms with Crippen LogP contribution in [0.5, 0.6) is 0 Å². The Morgan fingerprint density at radius 3 is 3.00 bits per heavy atom. The molecular weight excluding hydrogens is 205 g/mol. The van der Waals surface area contributed by atoms with Crippen LogP contribution >= 0.6 is 0 Å². The van der Waals surface area contributed by atoms with Crippen LogP contribution in [-0.4, -0.2) is 19.2 Å². The first-order valence-electron chi connectivity index (χ1n) is 5.90. The molecule has 0 amide bonds. The molecule has 2 nitrogen and oxygen atoms in total. The Morgan fingerprint density at radius 2 is 2.25 bits per heavy atom. The number of hydrogen-bond acceptors (Lipinski definition) is 2. The monoisotopic (exact) mass is 223 g/mol. The van der Waals surface area contributed by atoms with Crippen molar-refractivity contribution in [2.45, 2.75) is 31.9 Å². The molecule has 1 heterocycles. The average molecular weight is 223 g/mol. The highest BCUT2D eigenvalue weighted by atomic mass is 19.1. The molecule has 1 fully saturated rings. The number of benzene rings is 1. The lowest BCUT2D eigenvalue weighted by atomic mass is 9.97. The topological polar surface area (TPSA) is 21.3 Å². The summed E-state index contributed by atoms with van der Waals surface area (Å²) in [5.74, 6) is -0.162. The van der Waals surface area contributed by atoms with Crippen molar-refractivity contribution >= 4 is 0 Å². The van der Waals surface area contributed by atoms with Crippen molar-refractivity contribution in [3.63, 3.8) is 0 Å². The number of hydrogen-bond donors (Lipinski definition) is 1. The summed E-state index contributed by atoms with van der Waals surface area (Å²) in [7, 11) is 0. The fourth-order valence-corrected chi connectivity index (χ4v) is 2.22. The Hall–Kier alpha value is -0.930. The normalized spacial score (nSPS) is 25.6. The number of ether oxygens (including phenoxy) is 1. The molecule has 0 spiro atoms. The second-order valence-corrected chi connectivity index (χ2v) is 4.16. The first kappa shape index (κ1) is 11.6. The second kappa shape index (κ2) is 5.41. The van der Waals surface area contributed by atoms with Crippen LogP contribution < -0.4 is 5.32 Å². The first-order valence-corrected chi connectivity index (χ1v) is 5.90. The molecule has 0 aliphatic carbocycles. The van der Waals surface area contributed by atoms with Gasteiger partial charge < -0.3 is 10.1 Å². The van der Waals surface area contributed by atoms with Gasteiger partial charge in [0, 0.05) is 18.2 Å².